The van der Waals surface area contributed by atoms with E-state index in [1.165, 1.54) is 4.31 Å². The fraction of sp³-hybridized carbons (Fsp3) is 0.435. The lowest BCUT2D eigenvalue weighted by atomic mass is 9.98. The van der Waals surface area contributed by atoms with E-state index in [9.17, 15) is 13.2 Å². The van der Waals surface area contributed by atoms with Crippen LogP contribution in [0.5, 0.6) is 5.75 Å². The molecule has 162 valence electrons. The number of hydrogen-bond acceptors (Lipinski definition) is 4. The van der Waals surface area contributed by atoms with Gasteiger partial charge in [-0.15, -0.1) is 0 Å². The standard InChI is InChI=1S/C23H30N2O4S/c1-5-29-22-11-9-20(14-18(22)4)30(27,28)25-12-6-7-19(15-25)23(26)24-21-10-8-16(2)13-17(21)3/h8-11,13-14,19H,5-7,12,15H2,1-4H3,(H,24,26)/t19-/m1/s1. The van der Waals surface area contributed by atoms with Crippen molar-refractivity contribution < 1.29 is 17.9 Å². The molecule has 1 N–H and O–H groups in total. The van der Waals surface area contributed by atoms with E-state index in [0.29, 0.717) is 31.7 Å². The van der Waals surface area contributed by atoms with Crippen LogP contribution in [0.15, 0.2) is 41.3 Å². The van der Waals surface area contributed by atoms with Crippen molar-refractivity contribution in [3.63, 3.8) is 0 Å². The normalized spacial score (nSPS) is 17.5. The molecule has 6 nitrogen and oxygen atoms in total. The largest absolute Gasteiger partial charge is 0.494 e. The molecule has 1 fully saturated rings. The zero-order valence-corrected chi connectivity index (χ0v) is 18.9. The van der Waals surface area contributed by atoms with Crippen molar-refractivity contribution in [3.8, 4) is 5.75 Å². The van der Waals surface area contributed by atoms with Crippen LogP contribution in [0.2, 0.25) is 0 Å². The number of nitrogens with one attached hydrogen (secondary N) is 1. The zero-order valence-electron chi connectivity index (χ0n) is 18.1. The van der Waals surface area contributed by atoms with Crippen LogP contribution in [0, 0.1) is 26.7 Å². The highest BCUT2D eigenvalue weighted by molar-refractivity contribution is 7.89. The van der Waals surface area contributed by atoms with Crippen molar-refractivity contribution >= 4 is 21.6 Å². The van der Waals surface area contributed by atoms with Gasteiger partial charge in [0.1, 0.15) is 5.75 Å². The van der Waals surface area contributed by atoms with Gasteiger partial charge < -0.3 is 10.1 Å². The number of aryl methyl sites for hydroxylation is 3. The molecule has 1 atom stereocenters. The molecule has 3 rings (SSSR count). The molecule has 1 saturated heterocycles. The Morgan fingerprint density at radius 2 is 1.90 bits per heavy atom. The van der Waals surface area contributed by atoms with Crippen LogP contribution in [0.3, 0.4) is 0 Å². The van der Waals surface area contributed by atoms with Crippen molar-refractivity contribution in [3.05, 3.63) is 53.1 Å². The summed E-state index contributed by atoms with van der Waals surface area (Å²) in [5.41, 5.74) is 3.67. The number of amides is 1. The molecule has 0 aliphatic carbocycles. The van der Waals surface area contributed by atoms with Crippen LogP contribution >= 0.6 is 0 Å². The Morgan fingerprint density at radius 3 is 2.57 bits per heavy atom. The predicted molar refractivity (Wildman–Crippen MR) is 118 cm³/mol. The average molecular weight is 431 g/mol. The van der Waals surface area contributed by atoms with E-state index in [2.05, 4.69) is 5.32 Å². The Bertz CT molecular complexity index is 1030. The summed E-state index contributed by atoms with van der Waals surface area (Å²) in [5, 5.41) is 2.97. The molecule has 30 heavy (non-hydrogen) atoms. The van der Waals surface area contributed by atoms with Crippen molar-refractivity contribution in [2.45, 2.75) is 45.4 Å². The third-order valence-corrected chi connectivity index (χ3v) is 7.34. The molecule has 0 saturated carbocycles. The molecule has 1 amide bonds. The Hall–Kier alpha value is -2.38. The van der Waals surface area contributed by atoms with E-state index >= 15 is 0 Å². The number of anilines is 1. The molecule has 1 aliphatic rings. The van der Waals surface area contributed by atoms with E-state index in [1.54, 1.807) is 18.2 Å². The fourth-order valence-electron chi connectivity index (χ4n) is 3.81. The van der Waals surface area contributed by atoms with Gasteiger partial charge in [0.15, 0.2) is 0 Å². The van der Waals surface area contributed by atoms with Crippen LogP contribution < -0.4 is 10.1 Å². The minimum absolute atomic E-state index is 0.135. The van der Waals surface area contributed by atoms with Gasteiger partial charge >= 0.3 is 0 Å². The first-order valence-corrected chi connectivity index (χ1v) is 11.8. The summed E-state index contributed by atoms with van der Waals surface area (Å²) < 4.78 is 33.3. The van der Waals surface area contributed by atoms with Crippen molar-refractivity contribution in [2.75, 3.05) is 25.0 Å². The first-order valence-electron chi connectivity index (χ1n) is 10.3. The molecular formula is C23H30N2O4S. The molecule has 0 spiro atoms. The minimum atomic E-state index is -3.67. The summed E-state index contributed by atoms with van der Waals surface area (Å²) in [4.78, 5) is 13.1. The Morgan fingerprint density at radius 1 is 1.13 bits per heavy atom. The first kappa shape index (κ1) is 22.3. The fourth-order valence-corrected chi connectivity index (χ4v) is 5.42. The second-order valence-corrected chi connectivity index (χ2v) is 9.81. The second-order valence-electron chi connectivity index (χ2n) is 7.87. The zero-order chi connectivity index (χ0) is 21.9. The lowest BCUT2D eigenvalue weighted by molar-refractivity contribution is -0.120. The van der Waals surface area contributed by atoms with Gasteiger partial charge in [0, 0.05) is 18.8 Å². The Labute approximate surface area is 179 Å². The Balaban J connectivity index is 1.74. The quantitative estimate of drug-likeness (QED) is 0.750. The maximum Gasteiger partial charge on any atom is 0.243 e. The van der Waals surface area contributed by atoms with Gasteiger partial charge in [0.05, 0.1) is 17.4 Å². The summed E-state index contributed by atoms with van der Waals surface area (Å²) >= 11 is 0. The first-order chi connectivity index (χ1) is 14.2. The monoisotopic (exact) mass is 430 g/mol. The maximum atomic E-state index is 13.2. The third kappa shape index (κ3) is 4.84. The lowest BCUT2D eigenvalue weighted by Gasteiger charge is -2.31. The average Bonchev–Trinajstić information content (AvgIpc) is 2.71. The highest BCUT2D eigenvalue weighted by Crippen LogP contribution is 2.28. The SMILES string of the molecule is CCOc1ccc(S(=O)(=O)N2CCC[C@@H](C(=O)Nc3ccc(C)cc3C)C2)cc1C. The third-order valence-electron chi connectivity index (χ3n) is 5.48. The van der Waals surface area contributed by atoms with Crippen molar-refractivity contribution in [1.82, 2.24) is 4.31 Å². The van der Waals surface area contributed by atoms with Gasteiger partial charge in [-0.05, 0) is 75.9 Å². The van der Waals surface area contributed by atoms with Crippen LogP contribution in [0.4, 0.5) is 5.69 Å². The second kappa shape index (κ2) is 9.18. The van der Waals surface area contributed by atoms with Crippen molar-refractivity contribution in [2.24, 2.45) is 5.92 Å². The van der Waals surface area contributed by atoms with Crippen molar-refractivity contribution in [1.29, 1.82) is 0 Å². The molecule has 0 unspecified atom stereocenters. The van der Waals surface area contributed by atoms with Crippen LogP contribution in [0.1, 0.15) is 36.5 Å². The summed E-state index contributed by atoms with van der Waals surface area (Å²) in [7, 11) is -3.67. The van der Waals surface area contributed by atoms with E-state index < -0.39 is 10.0 Å². The highest BCUT2D eigenvalue weighted by Gasteiger charge is 2.33. The van der Waals surface area contributed by atoms with E-state index in [4.69, 9.17) is 4.74 Å². The molecule has 1 aliphatic heterocycles. The van der Waals surface area contributed by atoms with Gasteiger partial charge in [0.25, 0.3) is 0 Å². The molecule has 0 bridgehead atoms. The smallest absolute Gasteiger partial charge is 0.243 e. The molecule has 2 aromatic carbocycles. The van der Waals surface area contributed by atoms with E-state index in [0.717, 1.165) is 22.4 Å². The van der Waals surface area contributed by atoms with Gasteiger partial charge in [-0.2, -0.15) is 4.31 Å². The summed E-state index contributed by atoms with van der Waals surface area (Å²) in [6.45, 7) is 8.81. The van der Waals surface area contributed by atoms with Gasteiger partial charge in [-0.25, -0.2) is 8.42 Å². The van der Waals surface area contributed by atoms with Gasteiger partial charge in [-0.1, -0.05) is 17.7 Å². The number of piperidine rings is 1. The number of sulfonamides is 1. The van der Waals surface area contributed by atoms with Gasteiger partial charge in [0.2, 0.25) is 15.9 Å². The number of carbonyl (C=O) groups is 1. The summed E-state index contributed by atoms with van der Waals surface area (Å²) in [6, 6.07) is 10.8. The number of hydrogen-bond donors (Lipinski definition) is 1. The summed E-state index contributed by atoms with van der Waals surface area (Å²) in [5.74, 6) is 0.170. The number of carbonyl (C=O) groups excluding carboxylic acids is 1. The van der Waals surface area contributed by atoms with Crippen LogP contribution in [0.25, 0.3) is 0 Å². The topological polar surface area (TPSA) is 75.7 Å². The maximum absolute atomic E-state index is 13.2. The highest BCUT2D eigenvalue weighted by atomic mass is 32.2. The Kier molecular flexibility index (Phi) is 6.83. The molecule has 0 aromatic heterocycles. The molecule has 0 radical (unpaired) electrons. The van der Waals surface area contributed by atoms with Crippen LogP contribution in [-0.4, -0.2) is 38.3 Å². The molecule has 7 heteroatoms. The minimum Gasteiger partial charge on any atom is -0.494 e. The van der Waals surface area contributed by atoms with E-state index in [-0.39, 0.29) is 23.3 Å². The molecular weight excluding hydrogens is 400 g/mol. The number of ether oxygens (including phenoxy) is 1. The number of rotatable bonds is 6. The van der Waals surface area contributed by atoms with Crippen LogP contribution in [-0.2, 0) is 14.8 Å². The van der Waals surface area contributed by atoms with Gasteiger partial charge in [-0.3, -0.25) is 4.79 Å². The number of benzene rings is 2. The number of nitrogens with zero attached hydrogens (tertiary/aromatic N) is 1. The predicted octanol–water partition coefficient (Wildman–Crippen LogP) is 4.05. The van der Waals surface area contributed by atoms with E-state index in [1.807, 2.05) is 45.9 Å². The lowest BCUT2D eigenvalue weighted by Crippen LogP contribution is -2.43. The summed E-state index contributed by atoms with van der Waals surface area (Å²) in [6.07, 6.45) is 1.32. The molecule has 2 aromatic rings. The molecule has 1 heterocycles.